The van der Waals surface area contributed by atoms with Gasteiger partial charge in [0.05, 0.1) is 0 Å². The van der Waals surface area contributed by atoms with Crippen LogP contribution in [-0.4, -0.2) is 37.0 Å². The maximum atomic E-state index is 11.2. The molecule has 3 heteroatoms. The minimum Gasteiger partial charge on any atom is -0.355 e. The summed E-state index contributed by atoms with van der Waals surface area (Å²) in [7, 11) is 0. The van der Waals surface area contributed by atoms with E-state index >= 15 is 0 Å². The molecule has 1 rings (SSSR count). The van der Waals surface area contributed by atoms with Crippen LogP contribution in [0.15, 0.2) is 0 Å². The molecule has 0 atom stereocenters. The van der Waals surface area contributed by atoms with Gasteiger partial charge in [-0.25, -0.2) is 0 Å². The van der Waals surface area contributed by atoms with E-state index in [9.17, 15) is 4.79 Å². The Kier molecular flexibility index (Phi) is 8.38. The fourth-order valence-electron chi connectivity index (χ4n) is 1.55. The largest absolute Gasteiger partial charge is 0.355 e. The molecule has 1 N–H and O–H groups in total. The third-order valence-electron chi connectivity index (χ3n) is 2.45. The van der Waals surface area contributed by atoms with Crippen molar-refractivity contribution in [3.63, 3.8) is 0 Å². The topological polar surface area (TPSA) is 32.3 Å². The zero-order valence-electron chi connectivity index (χ0n) is 10.7. The van der Waals surface area contributed by atoms with Gasteiger partial charge in [-0.3, -0.25) is 4.79 Å². The molecule has 0 aromatic rings. The average Bonchev–Trinajstić information content (AvgIpc) is 2.73. The second kappa shape index (κ2) is 8.72. The van der Waals surface area contributed by atoms with Gasteiger partial charge in [0.1, 0.15) is 0 Å². The first-order valence-electron chi connectivity index (χ1n) is 6.20. The molecule has 0 aromatic heterocycles. The van der Waals surface area contributed by atoms with Gasteiger partial charge < -0.3 is 10.2 Å². The summed E-state index contributed by atoms with van der Waals surface area (Å²) in [5.74, 6) is 0.276. The fourth-order valence-corrected chi connectivity index (χ4v) is 1.55. The van der Waals surface area contributed by atoms with E-state index in [1.807, 2.05) is 27.7 Å². The molecule has 0 bridgehead atoms. The van der Waals surface area contributed by atoms with Crippen LogP contribution in [0.1, 0.15) is 40.5 Å². The van der Waals surface area contributed by atoms with E-state index in [2.05, 4.69) is 10.2 Å². The van der Waals surface area contributed by atoms with E-state index < -0.39 is 0 Å². The van der Waals surface area contributed by atoms with Crippen LogP contribution in [-0.2, 0) is 4.79 Å². The van der Waals surface area contributed by atoms with Gasteiger partial charge in [0.25, 0.3) is 0 Å². The number of hydrogen-bond donors (Lipinski definition) is 1. The Morgan fingerprint density at radius 2 is 1.80 bits per heavy atom. The van der Waals surface area contributed by atoms with Gasteiger partial charge in [-0.2, -0.15) is 0 Å². The lowest BCUT2D eigenvalue weighted by Crippen LogP contribution is -2.35. The van der Waals surface area contributed by atoms with Crippen LogP contribution in [0.25, 0.3) is 0 Å². The van der Waals surface area contributed by atoms with Crippen molar-refractivity contribution in [3.05, 3.63) is 0 Å². The summed E-state index contributed by atoms with van der Waals surface area (Å²) in [4.78, 5) is 13.6. The van der Waals surface area contributed by atoms with Crippen molar-refractivity contribution in [2.24, 2.45) is 5.92 Å². The van der Waals surface area contributed by atoms with Crippen molar-refractivity contribution in [3.8, 4) is 0 Å². The lowest BCUT2D eigenvalue weighted by molar-refractivity contribution is -0.124. The van der Waals surface area contributed by atoms with Gasteiger partial charge in [-0.05, 0) is 25.9 Å². The number of carbonyl (C=O) groups excluding carboxylic acids is 1. The highest BCUT2D eigenvalue weighted by Crippen LogP contribution is 2.05. The van der Waals surface area contributed by atoms with Gasteiger partial charge in [0.15, 0.2) is 0 Å². The SMILES string of the molecule is CC.CC(C)C(=O)NCCN1CCCC1. The van der Waals surface area contributed by atoms with Crippen LogP contribution in [0.2, 0.25) is 0 Å². The highest BCUT2D eigenvalue weighted by atomic mass is 16.1. The smallest absolute Gasteiger partial charge is 0.222 e. The Balaban J connectivity index is 0.000000921. The maximum absolute atomic E-state index is 11.2. The van der Waals surface area contributed by atoms with E-state index in [4.69, 9.17) is 0 Å². The predicted molar refractivity (Wildman–Crippen MR) is 64.9 cm³/mol. The van der Waals surface area contributed by atoms with Gasteiger partial charge in [0, 0.05) is 19.0 Å². The van der Waals surface area contributed by atoms with Crippen LogP contribution >= 0.6 is 0 Å². The molecule has 1 fully saturated rings. The summed E-state index contributed by atoms with van der Waals surface area (Å²) < 4.78 is 0. The van der Waals surface area contributed by atoms with Gasteiger partial charge in [-0.1, -0.05) is 27.7 Å². The highest BCUT2D eigenvalue weighted by molar-refractivity contribution is 5.77. The molecule has 0 radical (unpaired) electrons. The molecule has 0 saturated carbocycles. The van der Waals surface area contributed by atoms with E-state index in [0.717, 1.165) is 13.1 Å². The zero-order chi connectivity index (χ0) is 11.7. The number of amides is 1. The summed E-state index contributed by atoms with van der Waals surface area (Å²) in [6.07, 6.45) is 2.64. The highest BCUT2D eigenvalue weighted by Gasteiger charge is 2.11. The van der Waals surface area contributed by atoms with Crippen LogP contribution in [0.5, 0.6) is 0 Å². The predicted octanol–water partition coefficient (Wildman–Crippen LogP) is 1.88. The van der Waals surface area contributed by atoms with E-state index in [-0.39, 0.29) is 11.8 Å². The summed E-state index contributed by atoms with van der Waals surface area (Å²) >= 11 is 0. The first-order valence-corrected chi connectivity index (χ1v) is 6.20. The second-order valence-electron chi connectivity index (χ2n) is 3.99. The van der Waals surface area contributed by atoms with Crippen molar-refractivity contribution in [2.75, 3.05) is 26.2 Å². The van der Waals surface area contributed by atoms with Crippen molar-refractivity contribution in [1.29, 1.82) is 0 Å². The number of rotatable bonds is 4. The van der Waals surface area contributed by atoms with E-state index in [0.29, 0.717) is 0 Å². The van der Waals surface area contributed by atoms with Crippen molar-refractivity contribution < 1.29 is 4.79 Å². The fraction of sp³-hybridized carbons (Fsp3) is 0.917. The minimum absolute atomic E-state index is 0.110. The maximum Gasteiger partial charge on any atom is 0.222 e. The molecule has 0 unspecified atom stereocenters. The monoisotopic (exact) mass is 214 g/mol. The Hall–Kier alpha value is -0.570. The van der Waals surface area contributed by atoms with E-state index in [1.54, 1.807) is 0 Å². The standard InChI is InChI=1S/C10H20N2O.C2H6/c1-9(2)10(13)11-5-8-12-6-3-4-7-12;1-2/h9H,3-8H2,1-2H3,(H,11,13);1-2H3. The Labute approximate surface area is 94.2 Å². The number of nitrogens with one attached hydrogen (secondary N) is 1. The number of carbonyl (C=O) groups is 1. The number of nitrogens with zero attached hydrogens (tertiary/aromatic N) is 1. The number of likely N-dealkylation sites (tertiary alicyclic amines) is 1. The molecular formula is C12H26N2O. The van der Waals surface area contributed by atoms with E-state index in [1.165, 1.54) is 25.9 Å². The molecule has 1 heterocycles. The molecule has 1 aliphatic rings. The summed E-state index contributed by atoms with van der Waals surface area (Å²) in [6, 6.07) is 0. The van der Waals surface area contributed by atoms with Gasteiger partial charge >= 0.3 is 0 Å². The van der Waals surface area contributed by atoms with Crippen molar-refractivity contribution in [1.82, 2.24) is 10.2 Å². The van der Waals surface area contributed by atoms with Crippen LogP contribution in [0.3, 0.4) is 0 Å². The summed E-state index contributed by atoms with van der Waals surface area (Å²) in [5, 5.41) is 2.93. The van der Waals surface area contributed by atoms with Crippen LogP contribution in [0, 0.1) is 5.92 Å². The third-order valence-corrected chi connectivity index (χ3v) is 2.45. The molecule has 0 aromatic carbocycles. The van der Waals surface area contributed by atoms with Crippen molar-refractivity contribution >= 4 is 5.91 Å². The Morgan fingerprint density at radius 1 is 1.27 bits per heavy atom. The molecule has 1 saturated heterocycles. The minimum atomic E-state index is 0.110. The zero-order valence-corrected chi connectivity index (χ0v) is 10.7. The molecular weight excluding hydrogens is 188 g/mol. The lowest BCUT2D eigenvalue weighted by Gasteiger charge is -2.15. The molecule has 3 nitrogen and oxygen atoms in total. The molecule has 15 heavy (non-hydrogen) atoms. The number of hydrogen-bond acceptors (Lipinski definition) is 2. The molecule has 0 spiro atoms. The Bertz CT molecular complexity index is 163. The van der Waals surface area contributed by atoms with Crippen molar-refractivity contribution in [2.45, 2.75) is 40.5 Å². The second-order valence-corrected chi connectivity index (χ2v) is 3.99. The molecule has 0 aliphatic carbocycles. The van der Waals surface area contributed by atoms with Crippen LogP contribution in [0.4, 0.5) is 0 Å². The normalized spacial score (nSPS) is 16.1. The molecule has 1 amide bonds. The van der Waals surface area contributed by atoms with Gasteiger partial charge in [-0.15, -0.1) is 0 Å². The summed E-state index contributed by atoms with van der Waals surface area (Å²) in [5.41, 5.74) is 0. The first-order chi connectivity index (χ1) is 7.20. The van der Waals surface area contributed by atoms with Crippen LogP contribution < -0.4 is 5.32 Å². The first kappa shape index (κ1) is 14.4. The lowest BCUT2D eigenvalue weighted by atomic mass is 10.2. The Morgan fingerprint density at radius 3 is 2.27 bits per heavy atom. The molecule has 90 valence electrons. The van der Waals surface area contributed by atoms with Gasteiger partial charge in [0.2, 0.25) is 5.91 Å². The summed E-state index contributed by atoms with van der Waals surface area (Å²) in [6.45, 7) is 12.1. The average molecular weight is 214 g/mol. The quantitative estimate of drug-likeness (QED) is 0.775. The molecule has 1 aliphatic heterocycles. The third kappa shape index (κ3) is 6.50.